The molecule has 11 heteroatoms. The summed E-state index contributed by atoms with van der Waals surface area (Å²) >= 11 is 1.24. The Morgan fingerprint density at radius 2 is 1.87 bits per heavy atom. The molecule has 0 bridgehead atoms. The molecule has 38 heavy (non-hydrogen) atoms. The number of benzene rings is 2. The molecule has 0 saturated heterocycles. The maximum atomic E-state index is 13.8. The van der Waals surface area contributed by atoms with E-state index >= 15 is 0 Å². The van der Waals surface area contributed by atoms with Gasteiger partial charge in [0.25, 0.3) is 5.56 Å². The highest BCUT2D eigenvalue weighted by Gasteiger charge is 2.34. The van der Waals surface area contributed by atoms with Gasteiger partial charge in [-0.15, -0.1) is 0 Å². The third-order valence-electron chi connectivity index (χ3n) is 6.82. The van der Waals surface area contributed by atoms with Crippen molar-refractivity contribution in [2.45, 2.75) is 19.9 Å². The number of ether oxygens (including phenoxy) is 3. The van der Waals surface area contributed by atoms with E-state index in [0.717, 1.165) is 16.6 Å². The van der Waals surface area contributed by atoms with E-state index in [0.29, 0.717) is 37.7 Å². The molecular weight excluding hydrogens is 508 g/mol. The summed E-state index contributed by atoms with van der Waals surface area (Å²) in [5.74, 6) is 0.621. The van der Waals surface area contributed by atoms with Crippen molar-refractivity contribution in [3.63, 3.8) is 0 Å². The molecule has 0 unspecified atom stereocenters. The molecule has 0 N–H and O–H groups in total. The number of esters is 1. The second kappa shape index (κ2) is 8.88. The van der Waals surface area contributed by atoms with Crippen molar-refractivity contribution in [1.29, 1.82) is 0 Å². The highest BCUT2D eigenvalue weighted by Crippen LogP contribution is 2.38. The monoisotopic (exact) mass is 532 g/mol. The number of fused-ring (bicyclic) bond motifs is 3. The quantitative estimate of drug-likeness (QED) is 0.371. The van der Waals surface area contributed by atoms with Crippen LogP contribution in [0.25, 0.3) is 17.1 Å². The Morgan fingerprint density at radius 3 is 2.66 bits per heavy atom. The summed E-state index contributed by atoms with van der Waals surface area (Å²) in [6.07, 6.45) is 1.78. The number of aryl methyl sites for hydroxylation is 2. The second-order valence-corrected chi connectivity index (χ2v) is 10.1. The van der Waals surface area contributed by atoms with E-state index in [9.17, 15) is 14.4 Å². The third kappa shape index (κ3) is 3.61. The zero-order chi connectivity index (χ0) is 26.7. The van der Waals surface area contributed by atoms with Crippen LogP contribution in [0.1, 0.15) is 31.0 Å². The number of aromatic nitrogens is 3. The van der Waals surface area contributed by atoms with E-state index in [1.54, 1.807) is 55.3 Å². The summed E-state index contributed by atoms with van der Waals surface area (Å²) in [7, 11) is 3.44. The molecule has 2 aliphatic heterocycles. The summed E-state index contributed by atoms with van der Waals surface area (Å²) in [5, 5.41) is 0. The molecule has 194 valence electrons. The maximum absolute atomic E-state index is 13.8. The number of allylic oxidation sites excluding steroid dienone is 1. The van der Waals surface area contributed by atoms with Gasteiger partial charge in [-0.2, -0.15) is 0 Å². The Morgan fingerprint density at radius 1 is 1.11 bits per heavy atom. The van der Waals surface area contributed by atoms with Crippen molar-refractivity contribution in [1.82, 2.24) is 13.7 Å². The van der Waals surface area contributed by atoms with Gasteiger partial charge in [0.1, 0.15) is 0 Å². The smallest absolute Gasteiger partial charge is 0.338 e. The van der Waals surface area contributed by atoms with E-state index in [2.05, 4.69) is 4.99 Å². The Hall–Kier alpha value is -4.38. The highest BCUT2D eigenvalue weighted by atomic mass is 32.1. The van der Waals surface area contributed by atoms with E-state index in [1.165, 1.54) is 15.9 Å². The van der Waals surface area contributed by atoms with E-state index in [-0.39, 0.29) is 24.6 Å². The lowest BCUT2D eigenvalue weighted by molar-refractivity contribution is -0.139. The molecule has 2 aromatic heterocycles. The molecule has 4 heterocycles. The fraction of sp³-hybridized carbons (Fsp3) is 0.259. The van der Waals surface area contributed by atoms with Gasteiger partial charge in [-0.3, -0.25) is 18.5 Å². The number of hydrogen-bond acceptors (Lipinski definition) is 8. The van der Waals surface area contributed by atoms with Crippen LogP contribution in [0.3, 0.4) is 0 Å². The van der Waals surface area contributed by atoms with Crippen molar-refractivity contribution < 1.29 is 19.0 Å². The third-order valence-corrected chi connectivity index (χ3v) is 7.81. The van der Waals surface area contributed by atoms with Gasteiger partial charge in [0.15, 0.2) is 16.3 Å². The molecule has 0 saturated carbocycles. The van der Waals surface area contributed by atoms with E-state index < -0.39 is 12.0 Å². The first-order valence-electron chi connectivity index (χ1n) is 12.0. The molecule has 0 radical (unpaired) electrons. The van der Waals surface area contributed by atoms with Gasteiger partial charge >= 0.3 is 11.7 Å². The van der Waals surface area contributed by atoms with Gasteiger partial charge in [-0.1, -0.05) is 23.5 Å². The second-order valence-electron chi connectivity index (χ2n) is 9.06. The minimum absolute atomic E-state index is 0.110. The molecular formula is C27H24N4O6S. The van der Waals surface area contributed by atoms with Gasteiger partial charge in [0, 0.05) is 14.1 Å². The number of thiazole rings is 1. The molecule has 0 aliphatic carbocycles. The summed E-state index contributed by atoms with van der Waals surface area (Å²) in [5.41, 5.74) is 3.39. The molecule has 6 rings (SSSR count). The van der Waals surface area contributed by atoms with E-state index in [4.69, 9.17) is 14.2 Å². The van der Waals surface area contributed by atoms with Crippen LogP contribution in [0.15, 0.2) is 62.2 Å². The van der Waals surface area contributed by atoms with Gasteiger partial charge in [0.2, 0.25) is 6.79 Å². The molecule has 0 fully saturated rings. The predicted octanol–water partition coefficient (Wildman–Crippen LogP) is 1.72. The fourth-order valence-corrected chi connectivity index (χ4v) is 6.00. The lowest BCUT2D eigenvalue weighted by atomic mass is 9.95. The van der Waals surface area contributed by atoms with Crippen LogP contribution < -0.4 is 30.1 Å². The number of imidazole rings is 1. The lowest BCUT2D eigenvalue weighted by Crippen LogP contribution is -2.39. The van der Waals surface area contributed by atoms with Crippen LogP contribution in [0.4, 0.5) is 0 Å². The zero-order valence-corrected chi connectivity index (χ0v) is 22.0. The first-order chi connectivity index (χ1) is 18.3. The van der Waals surface area contributed by atoms with Gasteiger partial charge in [0.05, 0.1) is 39.5 Å². The highest BCUT2D eigenvalue weighted by molar-refractivity contribution is 7.07. The number of hydrogen-bond donors (Lipinski definition) is 0. The summed E-state index contributed by atoms with van der Waals surface area (Å²) in [6, 6.07) is 10.2. The Labute approximate surface area is 219 Å². The largest absolute Gasteiger partial charge is 0.463 e. The maximum Gasteiger partial charge on any atom is 0.338 e. The molecule has 1 atom stereocenters. The average molecular weight is 533 g/mol. The Bertz CT molecular complexity index is 1920. The van der Waals surface area contributed by atoms with Gasteiger partial charge < -0.3 is 14.2 Å². The Kier molecular flexibility index (Phi) is 5.60. The van der Waals surface area contributed by atoms with E-state index in [1.807, 2.05) is 24.3 Å². The standard InChI is InChI=1S/C27H24N4O6S/c1-5-35-25(33)22-14(2)28-26-31(23(22)16-7-9-19-20(12-16)37-13-36-19)24(32)21(38-26)11-15-6-8-17-18(10-15)30(4)27(34)29(17)3/h6-12,23H,5,13H2,1-4H3/b21-11+/t23-/m0/s1. The van der Waals surface area contributed by atoms with Crippen molar-refractivity contribution in [3.05, 3.63) is 89.0 Å². The van der Waals surface area contributed by atoms with Crippen LogP contribution in [0, 0.1) is 0 Å². The van der Waals surface area contributed by atoms with Crippen LogP contribution in [-0.4, -0.2) is 33.1 Å². The zero-order valence-electron chi connectivity index (χ0n) is 21.2. The van der Waals surface area contributed by atoms with Crippen molar-refractivity contribution in [2.75, 3.05) is 13.4 Å². The fourth-order valence-electron chi connectivity index (χ4n) is 4.96. The SMILES string of the molecule is CCOC(=O)C1=C(C)N=c2s/c(=C/c3ccc4c(c3)n(C)c(=O)n4C)c(=O)n2[C@H]1c1ccc2c(c1)OCO2. The number of rotatable bonds is 4. The topological polar surface area (TPSA) is 106 Å². The molecule has 2 aliphatic rings. The van der Waals surface area contributed by atoms with Crippen molar-refractivity contribution in [2.24, 2.45) is 19.1 Å². The number of nitrogens with zero attached hydrogens (tertiary/aromatic N) is 4. The molecule has 4 aromatic rings. The van der Waals surface area contributed by atoms with Crippen LogP contribution in [0.2, 0.25) is 0 Å². The minimum Gasteiger partial charge on any atom is -0.463 e. The first kappa shape index (κ1) is 24.0. The molecule has 10 nitrogen and oxygen atoms in total. The predicted molar refractivity (Wildman–Crippen MR) is 141 cm³/mol. The van der Waals surface area contributed by atoms with Crippen molar-refractivity contribution in [3.8, 4) is 11.5 Å². The van der Waals surface area contributed by atoms with Crippen LogP contribution in [0.5, 0.6) is 11.5 Å². The molecule has 0 spiro atoms. The average Bonchev–Trinajstić information content (AvgIpc) is 3.55. The van der Waals surface area contributed by atoms with Crippen LogP contribution in [-0.2, 0) is 23.6 Å². The molecule has 2 aromatic carbocycles. The Balaban J connectivity index is 1.55. The van der Waals surface area contributed by atoms with Gasteiger partial charge in [-0.25, -0.2) is 14.6 Å². The van der Waals surface area contributed by atoms with Gasteiger partial charge in [-0.05, 0) is 55.3 Å². The summed E-state index contributed by atoms with van der Waals surface area (Å²) in [4.78, 5) is 44.4. The minimum atomic E-state index is -0.751. The molecule has 0 amide bonds. The summed E-state index contributed by atoms with van der Waals surface area (Å²) in [6.45, 7) is 3.78. The first-order valence-corrected chi connectivity index (χ1v) is 12.8. The number of carbonyl (C=O) groups is 1. The summed E-state index contributed by atoms with van der Waals surface area (Å²) < 4.78 is 21.5. The van der Waals surface area contributed by atoms with Crippen molar-refractivity contribution >= 4 is 34.4 Å². The van der Waals surface area contributed by atoms with Crippen LogP contribution >= 0.6 is 11.3 Å². The number of carbonyl (C=O) groups excluding carboxylic acids is 1. The lowest BCUT2D eigenvalue weighted by Gasteiger charge is -2.24. The normalized spacial score (nSPS) is 16.6.